The summed E-state index contributed by atoms with van der Waals surface area (Å²) in [6.45, 7) is 0. The first-order valence-corrected chi connectivity index (χ1v) is 5.95. The molecule has 1 unspecified atom stereocenters. The molecule has 2 aliphatic carbocycles. The van der Waals surface area contributed by atoms with E-state index in [1.54, 1.807) is 0 Å². The summed E-state index contributed by atoms with van der Waals surface area (Å²) in [5, 5.41) is 8.89. The van der Waals surface area contributed by atoms with Gasteiger partial charge >= 0.3 is 5.97 Å². The van der Waals surface area contributed by atoms with Crippen molar-refractivity contribution in [1.82, 2.24) is 0 Å². The predicted molar refractivity (Wildman–Crippen MR) is 55.1 cm³/mol. The molecule has 0 aromatic heterocycles. The van der Waals surface area contributed by atoms with Crippen molar-refractivity contribution in [2.75, 3.05) is 0 Å². The molecule has 2 aliphatic rings. The molecule has 0 heterocycles. The van der Waals surface area contributed by atoms with Gasteiger partial charge in [-0.2, -0.15) is 0 Å². The maximum Gasteiger partial charge on any atom is 0.303 e. The quantitative estimate of drug-likeness (QED) is 0.736. The maximum absolute atomic E-state index is 10.8. The average molecular weight is 196 g/mol. The van der Waals surface area contributed by atoms with Crippen molar-refractivity contribution in [2.45, 2.75) is 57.8 Å². The summed E-state index contributed by atoms with van der Waals surface area (Å²) in [5.41, 5.74) is 0.441. The van der Waals surface area contributed by atoms with Gasteiger partial charge in [-0.05, 0) is 37.0 Å². The Morgan fingerprint density at radius 3 is 2.43 bits per heavy atom. The van der Waals surface area contributed by atoms with Crippen LogP contribution in [-0.2, 0) is 4.79 Å². The van der Waals surface area contributed by atoms with Gasteiger partial charge in [-0.3, -0.25) is 4.79 Å². The molecule has 1 N–H and O–H groups in total. The van der Waals surface area contributed by atoms with Crippen LogP contribution in [0, 0.1) is 11.3 Å². The average Bonchev–Trinajstić information content (AvgIpc) is 2.50. The Labute approximate surface area is 85.7 Å². The van der Waals surface area contributed by atoms with Gasteiger partial charge in [-0.1, -0.05) is 25.7 Å². The first-order valence-electron chi connectivity index (χ1n) is 5.95. The zero-order valence-corrected chi connectivity index (χ0v) is 8.80. The van der Waals surface area contributed by atoms with E-state index in [1.807, 2.05) is 0 Å². The van der Waals surface area contributed by atoms with Gasteiger partial charge in [0.05, 0.1) is 0 Å². The Morgan fingerprint density at radius 2 is 1.79 bits per heavy atom. The van der Waals surface area contributed by atoms with Gasteiger partial charge in [-0.25, -0.2) is 0 Å². The summed E-state index contributed by atoms with van der Waals surface area (Å²) < 4.78 is 0. The molecule has 0 aromatic carbocycles. The number of carboxylic acids is 1. The van der Waals surface area contributed by atoms with E-state index in [-0.39, 0.29) is 0 Å². The molecule has 0 amide bonds. The Hall–Kier alpha value is -0.530. The molecule has 2 saturated carbocycles. The first kappa shape index (κ1) is 10.0. The molecule has 2 nitrogen and oxygen atoms in total. The second-order valence-corrected chi connectivity index (χ2v) is 5.11. The third kappa shape index (κ3) is 1.79. The Bertz CT molecular complexity index is 216. The van der Waals surface area contributed by atoms with E-state index >= 15 is 0 Å². The van der Waals surface area contributed by atoms with Gasteiger partial charge in [0.25, 0.3) is 0 Å². The normalized spacial score (nSPS) is 30.7. The third-order valence-electron chi connectivity index (χ3n) is 4.36. The molecule has 1 spiro atoms. The van der Waals surface area contributed by atoms with E-state index in [9.17, 15) is 4.79 Å². The molecule has 1 atom stereocenters. The molecular formula is C12H20O2. The number of carbonyl (C=O) groups is 1. The Balaban J connectivity index is 2.03. The molecule has 80 valence electrons. The highest BCUT2D eigenvalue weighted by atomic mass is 16.4. The highest BCUT2D eigenvalue weighted by molar-refractivity contribution is 5.67. The maximum atomic E-state index is 10.8. The van der Waals surface area contributed by atoms with Crippen molar-refractivity contribution in [1.29, 1.82) is 0 Å². The van der Waals surface area contributed by atoms with E-state index in [0.29, 0.717) is 17.8 Å². The lowest BCUT2D eigenvalue weighted by atomic mass is 9.66. The zero-order valence-electron chi connectivity index (χ0n) is 8.80. The van der Waals surface area contributed by atoms with Crippen LogP contribution in [0.3, 0.4) is 0 Å². The molecule has 2 rings (SSSR count). The Morgan fingerprint density at radius 1 is 1.14 bits per heavy atom. The van der Waals surface area contributed by atoms with Crippen LogP contribution in [-0.4, -0.2) is 11.1 Å². The number of carboxylic acid groups (broad SMARTS) is 1. The largest absolute Gasteiger partial charge is 0.481 e. The predicted octanol–water partition coefficient (Wildman–Crippen LogP) is 3.21. The summed E-state index contributed by atoms with van der Waals surface area (Å²) >= 11 is 0. The second kappa shape index (κ2) is 3.92. The van der Waals surface area contributed by atoms with Gasteiger partial charge in [0, 0.05) is 6.42 Å². The summed E-state index contributed by atoms with van der Waals surface area (Å²) in [5.74, 6) is -0.109. The number of hydrogen-bond acceptors (Lipinski definition) is 1. The summed E-state index contributed by atoms with van der Waals surface area (Å²) in [7, 11) is 0. The van der Waals surface area contributed by atoms with Crippen LogP contribution in [0.2, 0.25) is 0 Å². The summed E-state index contributed by atoms with van der Waals surface area (Å²) in [6, 6.07) is 0. The standard InChI is InChI=1S/C12H20O2/c13-11(14)9-10-5-4-8-12(10)6-2-1-3-7-12/h10H,1-9H2,(H,13,14). The van der Waals surface area contributed by atoms with Gasteiger partial charge in [0.1, 0.15) is 0 Å². The van der Waals surface area contributed by atoms with Crippen LogP contribution < -0.4 is 0 Å². The van der Waals surface area contributed by atoms with E-state index in [0.717, 1.165) is 6.42 Å². The zero-order chi connectivity index (χ0) is 10.0. The fourth-order valence-corrected chi connectivity index (χ4v) is 3.65. The first-order chi connectivity index (χ1) is 6.73. The van der Waals surface area contributed by atoms with Crippen molar-refractivity contribution < 1.29 is 9.90 Å². The molecule has 0 aliphatic heterocycles. The van der Waals surface area contributed by atoms with Gasteiger partial charge in [-0.15, -0.1) is 0 Å². The van der Waals surface area contributed by atoms with Crippen LogP contribution in [0.1, 0.15) is 57.8 Å². The number of rotatable bonds is 2. The lowest BCUT2D eigenvalue weighted by Gasteiger charge is -2.38. The van der Waals surface area contributed by atoms with Crippen molar-refractivity contribution in [3.8, 4) is 0 Å². The van der Waals surface area contributed by atoms with E-state index in [1.165, 1.54) is 44.9 Å². The van der Waals surface area contributed by atoms with Crippen molar-refractivity contribution in [2.24, 2.45) is 11.3 Å². The van der Waals surface area contributed by atoms with E-state index in [4.69, 9.17) is 5.11 Å². The van der Waals surface area contributed by atoms with Crippen LogP contribution in [0.25, 0.3) is 0 Å². The van der Waals surface area contributed by atoms with E-state index < -0.39 is 5.97 Å². The fourth-order valence-electron chi connectivity index (χ4n) is 3.65. The van der Waals surface area contributed by atoms with Crippen LogP contribution in [0.5, 0.6) is 0 Å². The molecule has 14 heavy (non-hydrogen) atoms. The van der Waals surface area contributed by atoms with Gasteiger partial charge in [0.15, 0.2) is 0 Å². The minimum Gasteiger partial charge on any atom is -0.481 e. The number of hydrogen-bond donors (Lipinski definition) is 1. The second-order valence-electron chi connectivity index (χ2n) is 5.11. The van der Waals surface area contributed by atoms with E-state index in [2.05, 4.69) is 0 Å². The lowest BCUT2D eigenvalue weighted by molar-refractivity contribution is -0.139. The topological polar surface area (TPSA) is 37.3 Å². The molecule has 2 heteroatoms. The van der Waals surface area contributed by atoms with Crippen molar-refractivity contribution in [3.63, 3.8) is 0 Å². The highest BCUT2D eigenvalue weighted by Gasteiger charge is 2.43. The van der Waals surface area contributed by atoms with Gasteiger partial charge in [0.2, 0.25) is 0 Å². The minimum absolute atomic E-state index is 0.417. The molecule has 0 aromatic rings. The Kier molecular flexibility index (Phi) is 2.80. The molecule has 2 fully saturated rings. The van der Waals surface area contributed by atoms with Gasteiger partial charge < -0.3 is 5.11 Å². The number of aliphatic carboxylic acids is 1. The van der Waals surface area contributed by atoms with Crippen LogP contribution in [0.4, 0.5) is 0 Å². The van der Waals surface area contributed by atoms with Crippen LogP contribution in [0.15, 0.2) is 0 Å². The SMILES string of the molecule is O=C(O)CC1CCCC12CCCCC2. The monoisotopic (exact) mass is 196 g/mol. The fraction of sp³-hybridized carbons (Fsp3) is 0.917. The molecule has 0 bridgehead atoms. The lowest BCUT2D eigenvalue weighted by Crippen LogP contribution is -2.29. The summed E-state index contributed by atoms with van der Waals surface area (Å²) in [6.07, 6.45) is 10.7. The third-order valence-corrected chi connectivity index (χ3v) is 4.36. The van der Waals surface area contributed by atoms with Crippen molar-refractivity contribution >= 4 is 5.97 Å². The minimum atomic E-state index is -0.596. The molecular weight excluding hydrogens is 176 g/mol. The molecule has 0 saturated heterocycles. The highest BCUT2D eigenvalue weighted by Crippen LogP contribution is 2.53. The van der Waals surface area contributed by atoms with Crippen LogP contribution >= 0.6 is 0 Å². The molecule has 0 radical (unpaired) electrons. The summed E-state index contributed by atoms with van der Waals surface area (Å²) in [4.78, 5) is 10.8. The smallest absolute Gasteiger partial charge is 0.303 e. The van der Waals surface area contributed by atoms with Crippen molar-refractivity contribution in [3.05, 3.63) is 0 Å².